The van der Waals surface area contributed by atoms with E-state index in [-0.39, 0.29) is 0 Å². The Morgan fingerprint density at radius 1 is 0.451 bits per heavy atom. The zero-order chi connectivity index (χ0) is 33.5. The highest BCUT2D eigenvalue weighted by molar-refractivity contribution is 6.12. The summed E-state index contributed by atoms with van der Waals surface area (Å²) in [5, 5.41) is 9.92. The first-order chi connectivity index (χ1) is 25.3. The first-order valence-electron chi connectivity index (χ1n) is 17.5. The summed E-state index contributed by atoms with van der Waals surface area (Å²) < 4.78 is 4.43. The number of pyridine rings is 1. The third-order valence-electron chi connectivity index (χ3n) is 11.0. The number of rotatable bonds is 4. The lowest BCUT2D eigenvalue weighted by atomic mass is 9.67. The third kappa shape index (κ3) is 3.97. The Kier molecular flexibility index (Phi) is 5.88. The summed E-state index contributed by atoms with van der Waals surface area (Å²) in [7, 11) is 0. The first kappa shape index (κ1) is 28.2. The summed E-state index contributed by atoms with van der Waals surface area (Å²) in [5.74, 6) is 0. The van der Waals surface area contributed by atoms with E-state index in [9.17, 15) is 0 Å². The molecule has 0 bridgehead atoms. The van der Waals surface area contributed by atoms with Crippen molar-refractivity contribution >= 4 is 38.1 Å². The van der Waals surface area contributed by atoms with Crippen LogP contribution in [0.25, 0.3) is 66.2 Å². The molecule has 0 N–H and O–H groups in total. The molecule has 3 heterocycles. The Bertz CT molecular complexity index is 2880. The van der Waals surface area contributed by atoms with Crippen LogP contribution in [-0.2, 0) is 5.41 Å². The molecule has 0 unspecified atom stereocenters. The van der Waals surface area contributed by atoms with E-state index in [2.05, 4.69) is 193 Å². The lowest BCUT2D eigenvalue weighted by Gasteiger charge is -2.33. The van der Waals surface area contributed by atoms with E-state index in [4.69, 9.17) is 5.10 Å². The maximum absolute atomic E-state index is 5.03. The fourth-order valence-corrected chi connectivity index (χ4v) is 8.80. The monoisotopic (exact) mass is 649 g/mol. The molecule has 3 heteroatoms. The Hall–Kier alpha value is -6.71. The first-order valence-corrected chi connectivity index (χ1v) is 17.5. The number of aromatic nitrogens is 3. The van der Waals surface area contributed by atoms with Crippen LogP contribution in [0.5, 0.6) is 0 Å². The van der Waals surface area contributed by atoms with E-state index in [1.807, 2.05) is 4.52 Å². The second-order valence-corrected chi connectivity index (χ2v) is 13.6. The van der Waals surface area contributed by atoms with Crippen LogP contribution >= 0.6 is 0 Å². The van der Waals surface area contributed by atoms with Crippen molar-refractivity contribution in [3.63, 3.8) is 0 Å². The van der Waals surface area contributed by atoms with Gasteiger partial charge in [0.05, 0.1) is 27.7 Å². The van der Waals surface area contributed by atoms with Crippen LogP contribution < -0.4 is 0 Å². The highest BCUT2D eigenvalue weighted by atomic mass is 15.2. The molecule has 11 rings (SSSR count). The molecular formula is C48H31N3. The summed E-state index contributed by atoms with van der Waals surface area (Å²) in [5.41, 5.74) is 13.9. The molecule has 0 spiro atoms. The smallest absolute Gasteiger partial charge is 0.0934 e. The molecule has 1 aliphatic carbocycles. The molecule has 0 aliphatic heterocycles. The molecule has 0 amide bonds. The molecule has 3 nitrogen and oxygen atoms in total. The van der Waals surface area contributed by atoms with Gasteiger partial charge < -0.3 is 4.57 Å². The van der Waals surface area contributed by atoms with Gasteiger partial charge in [-0.15, -0.1) is 0 Å². The quantitative estimate of drug-likeness (QED) is 0.186. The van der Waals surface area contributed by atoms with Gasteiger partial charge in [-0.25, -0.2) is 4.52 Å². The van der Waals surface area contributed by atoms with Crippen LogP contribution in [0.1, 0.15) is 22.3 Å². The van der Waals surface area contributed by atoms with Gasteiger partial charge in [0.1, 0.15) is 0 Å². The van der Waals surface area contributed by atoms with Crippen molar-refractivity contribution in [2.45, 2.75) is 5.41 Å². The number of benzene rings is 7. The number of fused-ring (bicyclic) bond motifs is 8. The van der Waals surface area contributed by atoms with Crippen molar-refractivity contribution in [1.29, 1.82) is 0 Å². The minimum absolute atomic E-state index is 0.445. The lowest BCUT2D eigenvalue weighted by Crippen LogP contribution is -2.28. The fourth-order valence-electron chi connectivity index (χ4n) is 8.80. The fraction of sp³-hybridized carbons (Fsp3) is 0.0208. The molecule has 1 aliphatic rings. The highest BCUT2D eigenvalue weighted by Gasteiger charge is 2.46. The number of hydrogen-bond donors (Lipinski definition) is 0. The molecule has 3 aromatic heterocycles. The van der Waals surface area contributed by atoms with E-state index in [1.54, 1.807) is 0 Å². The van der Waals surface area contributed by atoms with E-state index in [0.717, 1.165) is 22.5 Å². The van der Waals surface area contributed by atoms with Crippen LogP contribution in [0.3, 0.4) is 0 Å². The van der Waals surface area contributed by atoms with E-state index in [1.165, 1.54) is 66.0 Å². The van der Waals surface area contributed by atoms with Crippen LogP contribution in [0.4, 0.5) is 0 Å². The van der Waals surface area contributed by atoms with Gasteiger partial charge in [-0.05, 0) is 81.2 Å². The Balaban J connectivity index is 1.17. The minimum atomic E-state index is -0.445. The second-order valence-electron chi connectivity index (χ2n) is 13.6. The maximum Gasteiger partial charge on any atom is 0.0934 e. The van der Waals surface area contributed by atoms with Gasteiger partial charge in [0.25, 0.3) is 0 Å². The summed E-state index contributed by atoms with van der Waals surface area (Å²) in [4.78, 5) is 0. The lowest BCUT2D eigenvalue weighted by molar-refractivity contribution is 0.769. The van der Waals surface area contributed by atoms with Crippen molar-refractivity contribution in [3.8, 4) is 28.1 Å². The normalized spacial score (nSPS) is 13.3. The SMILES string of the molecule is c1ccc(C2(c3ccccc3)c3ccccc3-c3cc4c(cc32)c2ccccc2n4-c2cccc(-c3cc4cc5ccccc5cn4n3)c2)cc1. The maximum atomic E-state index is 5.03. The van der Waals surface area contributed by atoms with Crippen molar-refractivity contribution < 1.29 is 0 Å². The van der Waals surface area contributed by atoms with Gasteiger partial charge >= 0.3 is 0 Å². The minimum Gasteiger partial charge on any atom is -0.309 e. The molecule has 0 saturated heterocycles. The van der Waals surface area contributed by atoms with Gasteiger partial charge in [0.15, 0.2) is 0 Å². The second kappa shape index (κ2) is 10.6. The standard InChI is InChI=1S/C48H31N3/c1-3-17-35(18-4-1)48(36-19-5-2-6-20-36)43-24-11-9-22-39(43)41-30-47-42(29-44(41)48)40-23-10-12-25-46(40)51(47)37-21-13-16-33(27-37)45-28-38-26-32-14-7-8-15-34(32)31-50(38)49-45/h1-31H. The molecule has 7 aromatic carbocycles. The van der Waals surface area contributed by atoms with Crippen molar-refractivity contribution in [3.05, 3.63) is 210 Å². The number of nitrogens with zero attached hydrogens (tertiary/aromatic N) is 3. The highest BCUT2D eigenvalue weighted by Crippen LogP contribution is 2.57. The molecule has 0 fully saturated rings. The third-order valence-corrected chi connectivity index (χ3v) is 11.0. The summed E-state index contributed by atoms with van der Waals surface area (Å²) in [6.07, 6.45) is 2.12. The zero-order valence-corrected chi connectivity index (χ0v) is 27.7. The van der Waals surface area contributed by atoms with Crippen molar-refractivity contribution in [1.82, 2.24) is 14.2 Å². The average molecular weight is 650 g/mol. The van der Waals surface area contributed by atoms with Crippen LogP contribution in [0, 0.1) is 0 Å². The zero-order valence-electron chi connectivity index (χ0n) is 27.7. The molecule has 0 radical (unpaired) electrons. The molecule has 0 saturated carbocycles. The van der Waals surface area contributed by atoms with Crippen LogP contribution in [0.2, 0.25) is 0 Å². The Morgan fingerprint density at radius 2 is 1.16 bits per heavy atom. The molecule has 51 heavy (non-hydrogen) atoms. The van der Waals surface area contributed by atoms with Gasteiger partial charge in [-0.3, -0.25) is 0 Å². The number of para-hydroxylation sites is 1. The van der Waals surface area contributed by atoms with E-state index < -0.39 is 5.41 Å². The van der Waals surface area contributed by atoms with Gasteiger partial charge in [-0.1, -0.05) is 140 Å². The van der Waals surface area contributed by atoms with Gasteiger partial charge in [-0.2, -0.15) is 5.10 Å². The van der Waals surface area contributed by atoms with Crippen molar-refractivity contribution in [2.24, 2.45) is 0 Å². The van der Waals surface area contributed by atoms with Crippen molar-refractivity contribution in [2.75, 3.05) is 0 Å². The molecule has 0 atom stereocenters. The van der Waals surface area contributed by atoms with Crippen LogP contribution in [-0.4, -0.2) is 14.2 Å². The molecular weight excluding hydrogens is 619 g/mol. The number of hydrogen-bond acceptors (Lipinski definition) is 1. The van der Waals surface area contributed by atoms with E-state index in [0.29, 0.717) is 0 Å². The van der Waals surface area contributed by atoms with E-state index >= 15 is 0 Å². The Labute approximate surface area is 295 Å². The largest absolute Gasteiger partial charge is 0.309 e. The molecule has 10 aromatic rings. The summed E-state index contributed by atoms with van der Waals surface area (Å²) in [6.45, 7) is 0. The predicted molar refractivity (Wildman–Crippen MR) is 210 cm³/mol. The molecule has 238 valence electrons. The Morgan fingerprint density at radius 3 is 1.98 bits per heavy atom. The summed E-state index contributed by atoms with van der Waals surface area (Å²) >= 11 is 0. The summed E-state index contributed by atoms with van der Waals surface area (Å²) in [6, 6.07) is 66.5. The van der Waals surface area contributed by atoms with Crippen LogP contribution in [0.15, 0.2) is 188 Å². The average Bonchev–Trinajstić information content (AvgIpc) is 3.85. The van der Waals surface area contributed by atoms with Gasteiger partial charge in [0, 0.05) is 33.6 Å². The van der Waals surface area contributed by atoms with Gasteiger partial charge in [0.2, 0.25) is 0 Å². The predicted octanol–water partition coefficient (Wildman–Crippen LogP) is 11.6. The topological polar surface area (TPSA) is 22.2 Å².